The van der Waals surface area contributed by atoms with Crippen molar-refractivity contribution in [2.45, 2.75) is 64.7 Å². The third-order valence-corrected chi connectivity index (χ3v) is 5.00. The molecular formula is C19H26OS. The van der Waals surface area contributed by atoms with Crippen molar-refractivity contribution in [3.05, 3.63) is 35.2 Å². The van der Waals surface area contributed by atoms with E-state index in [9.17, 15) is 4.79 Å². The predicted molar refractivity (Wildman–Crippen MR) is 93.4 cm³/mol. The average molecular weight is 302 g/mol. The van der Waals surface area contributed by atoms with Gasteiger partial charge in [-0.2, -0.15) is 0 Å². The lowest BCUT2D eigenvalue weighted by Gasteiger charge is -2.02. The summed E-state index contributed by atoms with van der Waals surface area (Å²) in [7, 11) is 0. The maximum atomic E-state index is 12.3. The van der Waals surface area contributed by atoms with Crippen LogP contribution in [-0.4, -0.2) is 5.78 Å². The molecule has 0 atom stereocenters. The van der Waals surface area contributed by atoms with Gasteiger partial charge >= 0.3 is 0 Å². The topological polar surface area (TPSA) is 17.1 Å². The molecule has 2 rings (SSSR count). The molecule has 0 bridgehead atoms. The van der Waals surface area contributed by atoms with Crippen LogP contribution in [0, 0.1) is 0 Å². The van der Waals surface area contributed by atoms with Crippen molar-refractivity contribution in [3.63, 3.8) is 0 Å². The van der Waals surface area contributed by atoms with Crippen LogP contribution in [0.2, 0.25) is 0 Å². The Kier molecular flexibility index (Phi) is 6.94. The van der Waals surface area contributed by atoms with Crippen molar-refractivity contribution < 1.29 is 4.79 Å². The highest BCUT2D eigenvalue weighted by Crippen LogP contribution is 2.27. The molecule has 0 fully saturated rings. The van der Waals surface area contributed by atoms with Crippen molar-refractivity contribution >= 4 is 27.2 Å². The lowest BCUT2D eigenvalue weighted by atomic mass is 10.0. The van der Waals surface area contributed by atoms with E-state index in [1.54, 1.807) is 11.3 Å². The molecule has 0 spiro atoms. The second kappa shape index (κ2) is 8.99. The number of carbonyl (C=O) groups excluding carboxylic acids is 1. The first-order valence-electron chi connectivity index (χ1n) is 8.32. The van der Waals surface area contributed by atoms with Gasteiger partial charge in [-0.05, 0) is 12.5 Å². The van der Waals surface area contributed by atoms with Crippen LogP contribution in [0.4, 0.5) is 0 Å². The zero-order chi connectivity index (χ0) is 14.9. The first kappa shape index (κ1) is 16.2. The second-order valence-corrected chi connectivity index (χ2v) is 6.70. The first-order chi connectivity index (χ1) is 10.3. The molecule has 1 aromatic heterocycles. The third kappa shape index (κ3) is 4.96. The summed E-state index contributed by atoms with van der Waals surface area (Å²) < 4.78 is 1.22. The van der Waals surface area contributed by atoms with Gasteiger partial charge in [0.25, 0.3) is 0 Å². The van der Waals surface area contributed by atoms with Crippen molar-refractivity contribution in [1.82, 2.24) is 0 Å². The lowest BCUT2D eigenvalue weighted by Crippen LogP contribution is -1.97. The average Bonchev–Trinajstić information content (AvgIpc) is 2.94. The van der Waals surface area contributed by atoms with Crippen LogP contribution in [-0.2, 0) is 0 Å². The molecule has 0 aliphatic rings. The van der Waals surface area contributed by atoms with Gasteiger partial charge in [0.2, 0.25) is 0 Å². The van der Waals surface area contributed by atoms with E-state index < -0.39 is 0 Å². The number of thiophene rings is 1. The molecule has 2 aromatic rings. The number of fused-ring (bicyclic) bond motifs is 1. The highest BCUT2D eigenvalue weighted by molar-refractivity contribution is 7.17. The SMILES string of the molecule is CCCCCCCCCCC(=O)c1csc2ccccc12. The minimum absolute atomic E-state index is 0.318. The van der Waals surface area contributed by atoms with Crippen LogP contribution in [0.3, 0.4) is 0 Å². The van der Waals surface area contributed by atoms with Crippen LogP contribution < -0.4 is 0 Å². The fourth-order valence-electron chi connectivity index (χ4n) is 2.75. The van der Waals surface area contributed by atoms with Gasteiger partial charge in [0.15, 0.2) is 5.78 Å². The summed E-state index contributed by atoms with van der Waals surface area (Å²) in [6.45, 7) is 2.25. The van der Waals surface area contributed by atoms with Crippen LogP contribution in [0.25, 0.3) is 10.1 Å². The van der Waals surface area contributed by atoms with Crippen molar-refractivity contribution in [3.8, 4) is 0 Å². The maximum Gasteiger partial charge on any atom is 0.164 e. The van der Waals surface area contributed by atoms with E-state index in [0.29, 0.717) is 12.2 Å². The number of hydrogen-bond donors (Lipinski definition) is 0. The molecule has 0 N–H and O–H groups in total. The molecule has 1 heterocycles. The summed E-state index contributed by atoms with van der Waals surface area (Å²) in [4.78, 5) is 12.3. The Balaban J connectivity index is 1.68. The van der Waals surface area contributed by atoms with Crippen molar-refractivity contribution in [1.29, 1.82) is 0 Å². The Bertz CT molecular complexity index is 555. The van der Waals surface area contributed by atoms with E-state index in [4.69, 9.17) is 0 Å². The molecule has 2 heteroatoms. The summed E-state index contributed by atoms with van der Waals surface area (Å²) in [5.41, 5.74) is 0.929. The molecule has 0 radical (unpaired) electrons. The van der Waals surface area contributed by atoms with Gasteiger partial charge in [0, 0.05) is 27.5 Å². The third-order valence-electron chi connectivity index (χ3n) is 4.04. The smallest absolute Gasteiger partial charge is 0.164 e. The summed E-state index contributed by atoms with van der Waals surface area (Å²) >= 11 is 1.68. The van der Waals surface area contributed by atoms with Crippen LogP contribution in [0.5, 0.6) is 0 Å². The zero-order valence-electron chi connectivity index (χ0n) is 13.1. The molecule has 0 saturated heterocycles. The zero-order valence-corrected chi connectivity index (χ0v) is 13.9. The van der Waals surface area contributed by atoms with E-state index in [1.165, 1.54) is 49.6 Å². The fraction of sp³-hybridized carbons (Fsp3) is 0.526. The van der Waals surface area contributed by atoms with E-state index in [2.05, 4.69) is 19.1 Å². The normalized spacial score (nSPS) is 11.1. The van der Waals surface area contributed by atoms with Crippen LogP contribution in [0.15, 0.2) is 29.6 Å². The maximum absolute atomic E-state index is 12.3. The van der Waals surface area contributed by atoms with Crippen LogP contribution in [0.1, 0.15) is 75.1 Å². The predicted octanol–water partition coefficient (Wildman–Crippen LogP) is 6.61. The number of unbranched alkanes of at least 4 members (excludes halogenated alkanes) is 7. The molecular weight excluding hydrogens is 276 g/mol. The van der Waals surface area contributed by atoms with Gasteiger partial charge in [-0.25, -0.2) is 0 Å². The summed E-state index contributed by atoms with van der Waals surface area (Å²) in [5.74, 6) is 0.318. The standard InChI is InChI=1S/C19H26OS/c1-2-3-4-5-6-7-8-9-13-18(20)17-15-21-19-14-11-10-12-16(17)19/h10-12,14-15H,2-9,13H2,1H3. The van der Waals surface area contributed by atoms with Gasteiger partial charge < -0.3 is 0 Å². The summed E-state index contributed by atoms with van der Waals surface area (Å²) in [6.07, 6.45) is 10.9. The minimum Gasteiger partial charge on any atom is -0.294 e. The quantitative estimate of drug-likeness (QED) is 0.356. The number of carbonyl (C=O) groups is 1. The Morgan fingerprint density at radius 1 is 0.952 bits per heavy atom. The summed E-state index contributed by atoms with van der Waals surface area (Å²) in [5, 5.41) is 3.16. The Morgan fingerprint density at radius 2 is 1.62 bits per heavy atom. The first-order valence-corrected chi connectivity index (χ1v) is 9.20. The van der Waals surface area contributed by atoms with Gasteiger partial charge in [-0.15, -0.1) is 11.3 Å². The minimum atomic E-state index is 0.318. The van der Waals surface area contributed by atoms with Crippen LogP contribution >= 0.6 is 11.3 Å². The summed E-state index contributed by atoms with van der Waals surface area (Å²) in [6, 6.07) is 8.20. The number of rotatable bonds is 10. The fourth-order valence-corrected chi connectivity index (χ4v) is 3.71. The lowest BCUT2D eigenvalue weighted by molar-refractivity contribution is 0.0981. The van der Waals surface area contributed by atoms with Gasteiger partial charge in [-0.1, -0.05) is 70.1 Å². The Morgan fingerprint density at radius 3 is 2.38 bits per heavy atom. The monoisotopic (exact) mass is 302 g/mol. The molecule has 0 unspecified atom stereocenters. The van der Waals surface area contributed by atoms with Gasteiger partial charge in [0.05, 0.1) is 0 Å². The van der Waals surface area contributed by atoms with Gasteiger partial charge in [0.1, 0.15) is 0 Å². The second-order valence-electron chi connectivity index (χ2n) is 5.79. The van der Waals surface area contributed by atoms with E-state index in [-0.39, 0.29) is 0 Å². The Labute approximate surface area is 132 Å². The highest BCUT2D eigenvalue weighted by atomic mass is 32.1. The number of benzene rings is 1. The van der Waals surface area contributed by atoms with E-state index in [0.717, 1.165) is 17.4 Å². The highest BCUT2D eigenvalue weighted by Gasteiger charge is 2.11. The molecule has 1 nitrogen and oxygen atoms in total. The molecule has 0 aliphatic carbocycles. The number of Topliss-reactive ketones (excluding diaryl/α,β-unsaturated/α-hetero) is 1. The largest absolute Gasteiger partial charge is 0.294 e. The van der Waals surface area contributed by atoms with Crippen molar-refractivity contribution in [2.75, 3.05) is 0 Å². The molecule has 21 heavy (non-hydrogen) atoms. The molecule has 114 valence electrons. The Hall–Kier alpha value is -1.15. The number of hydrogen-bond acceptors (Lipinski definition) is 2. The molecule has 0 saturated carbocycles. The van der Waals surface area contributed by atoms with Gasteiger partial charge in [-0.3, -0.25) is 4.79 Å². The number of ketones is 1. The molecule has 1 aromatic carbocycles. The van der Waals surface area contributed by atoms with E-state index in [1.807, 2.05) is 17.5 Å². The van der Waals surface area contributed by atoms with E-state index >= 15 is 0 Å². The van der Waals surface area contributed by atoms with Crippen molar-refractivity contribution in [2.24, 2.45) is 0 Å². The molecule has 0 amide bonds. The molecule has 0 aliphatic heterocycles.